The number of hydrogen-bond acceptors (Lipinski definition) is 3. The summed E-state index contributed by atoms with van der Waals surface area (Å²) < 4.78 is 6.14. The second-order valence-electron chi connectivity index (χ2n) is 5.85. The maximum Gasteiger partial charge on any atom is 0.0717 e. The molecule has 1 N–H and O–H groups in total. The van der Waals surface area contributed by atoms with Crippen LogP contribution in [0.5, 0.6) is 0 Å². The number of nitrogens with one attached hydrogen (secondary N) is 1. The molecular formula is C16H23NOS. The highest BCUT2D eigenvalue weighted by atomic mass is 32.2. The molecule has 0 amide bonds. The molecule has 3 heteroatoms. The topological polar surface area (TPSA) is 21.3 Å². The minimum absolute atomic E-state index is 0.172. The summed E-state index contributed by atoms with van der Waals surface area (Å²) in [5.41, 5.74) is 2.75. The SMILES string of the molecule is Cc1cccc(NC2CCOC3(CCSCC3)C2)c1. The number of ether oxygens (including phenoxy) is 1. The van der Waals surface area contributed by atoms with Gasteiger partial charge in [0.05, 0.1) is 5.60 Å². The molecule has 19 heavy (non-hydrogen) atoms. The van der Waals surface area contributed by atoms with E-state index in [1.165, 1.54) is 42.0 Å². The minimum Gasteiger partial charge on any atom is -0.382 e. The average Bonchev–Trinajstić information content (AvgIpc) is 2.40. The van der Waals surface area contributed by atoms with Crippen LogP contribution in [0.4, 0.5) is 5.69 Å². The lowest BCUT2D eigenvalue weighted by Crippen LogP contribution is -2.46. The quantitative estimate of drug-likeness (QED) is 0.887. The van der Waals surface area contributed by atoms with Crippen molar-refractivity contribution >= 4 is 17.4 Å². The first-order chi connectivity index (χ1) is 9.26. The second kappa shape index (κ2) is 5.76. The Hall–Kier alpha value is -0.670. The van der Waals surface area contributed by atoms with Gasteiger partial charge in [0.15, 0.2) is 0 Å². The number of aryl methyl sites for hydroxylation is 1. The highest BCUT2D eigenvalue weighted by molar-refractivity contribution is 7.99. The third-order valence-corrected chi connectivity index (χ3v) is 5.27. The number of hydrogen-bond donors (Lipinski definition) is 1. The van der Waals surface area contributed by atoms with E-state index >= 15 is 0 Å². The van der Waals surface area contributed by atoms with E-state index in [2.05, 4.69) is 48.3 Å². The van der Waals surface area contributed by atoms with Crippen LogP contribution in [-0.2, 0) is 4.74 Å². The van der Waals surface area contributed by atoms with Gasteiger partial charge in [0.1, 0.15) is 0 Å². The summed E-state index contributed by atoms with van der Waals surface area (Å²) >= 11 is 2.07. The predicted octanol–water partition coefficient (Wildman–Crippen LogP) is 3.85. The Kier molecular flexibility index (Phi) is 4.04. The molecule has 2 aliphatic rings. The van der Waals surface area contributed by atoms with E-state index < -0.39 is 0 Å². The van der Waals surface area contributed by atoms with E-state index in [0.29, 0.717) is 6.04 Å². The summed E-state index contributed by atoms with van der Waals surface area (Å²) in [5, 5.41) is 3.71. The fourth-order valence-corrected chi connectivity index (χ4v) is 4.45. The molecule has 2 aliphatic heterocycles. The molecular weight excluding hydrogens is 254 g/mol. The molecule has 0 radical (unpaired) electrons. The summed E-state index contributed by atoms with van der Waals surface area (Å²) in [6, 6.07) is 9.25. The van der Waals surface area contributed by atoms with Gasteiger partial charge in [0, 0.05) is 18.3 Å². The van der Waals surface area contributed by atoms with Crippen molar-refractivity contribution < 1.29 is 4.74 Å². The van der Waals surface area contributed by atoms with Gasteiger partial charge in [-0.15, -0.1) is 0 Å². The van der Waals surface area contributed by atoms with Gasteiger partial charge in [-0.3, -0.25) is 0 Å². The van der Waals surface area contributed by atoms with Gasteiger partial charge in [0.2, 0.25) is 0 Å². The second-order valence-corrected chi connectivity index (χ2v) is 7.07. The van der Waals surface area contributed by atoms with Gasteiger partial charge in [-0.25, -0.2) is 0 Å². The molecule has 1 aromatic rings. The smallest absolute Gasteiger partial charge is 0.0717 e. The van der Waals surface area contributed by atoms with Crippen molar-refractivity contribution in [3.05, 3.63) is 29.8 Å². The first kappa shape index (κ1) is 13.3. The number of benzene rings is 1. The van der Waals surface area contributed by atoms with Crippen LogP contribution in [0.2, 0.25) is 0 Å². The maximum atomic E-state index is 6.14. The van der Waals surface area contributed by atoms with Gasteiger partial charge >= 0.3 is 0 Å². The van der Waals surface area contributed by atoms with Crippen LogP contribution in [0, 0.1) is 6.92 Å². The summed E-state index contributed by atoms with van der Waals surface area (Å²) in [7, 11) is 0. The van der Waals surface area contributed by atoms with Crippen LogP contribution >= 0.6 is 11.8 Å². The van der Waals surface area contributed by atoms with Crippen LogP contribution in [0.3, 0.4) is 0 Å². The van der Waals surface area contributed by atoms with Crippen molar-refractivity contribution in [2.75, 3.05) is 23.4 Å². The summed E-state index contributed by atoms with van der Waals surface area (Å²) in [5.74, 6) is 2.52. The Bertz CT molecular complexity index is 423. The molecule has 0 aromatic heterocycles. The van der Waals surface area contributed by atoms with Crippen molar-refractivity contribution in [1.82, 2.24) is 0 Å². The van der Waals surface area contributed by atoms with Gasteiger partial charge in [-0.2, -0.15) is 11.8 Å². The average molecular weight is 277 g/mol. The molecule has 0 saturated carbocycles. The first-order valence-corrected chi connectivity index (χ1v) is 8.46. The summed E-state index contributed by atoms with van der Waals surface area (Å²) in [4.78, 5) is 0. The van der Waals surface area contributed by atoms with Crippen LogP contribution < -0.4 is 5.32 Å². The fourth-order valence-electron chi connectivity index (χ4n) is 3.21. The summed E-state index contributed by atoms with van der Waals surface area (Å²) in [6.07, 6.45) is 4.75. The van der Waals surface area contributed by atoms with Crippen molar-refractivity contribution in [2.45, 2.75) is 44.2 Å². The highest BCUT2D eigenvalue weighted by Crippen LogP contribution is 2.38. The Morgan fingerprint density at radius 3 is 2.95 bits per heavy atom. The lowest BCUT2D eigenvalue weighted by atomic mass is 9.85. The molecule has 0 aliphatic carbocycles. The van der Waals surface area contributed by atoms with Crippen molar-refractivity contribution in [3.8, 4) is 0 Å². The third kappa shape index (κ3) is 3.26. The molecule has 2 heterocycles. The lowest BCUT2D eigenvalue weighted by molar-refractivity contribution is -0.0865. The monoisotopic (exact) mass is 277 g/mol. The Morgan fingerprint density at radius 2 is 2.16 bits per heavy atom. The van der Waals surface area contributed by atoms with Crippen LogP contribution in [0.25, 0.3) is 0 Å². The molecule has 104 valence electrons. The molecule has 3 rings (SSSR count). The van der Waals surface area contributed by atoms with Gasteiger partial charge in [-0.05, 0) is 61.8 Å². The van der Waals surface area contributed by atoms with Crippen molar-refractivity contribution in [3.63, 3.8) is 0 Å². The highest BCUT2D eigenvalue weighted by Gasteiger charge is 2.38. The van der Waals surface area contributed by atoms with E-state index in [9.17, 15) is 0 Å². The third-order valence-electron chi connectivity index (χ3n) is 4.29. The zero-order chi connectivity index (χ0) is 13.1. The predicted molar refractivity (Wildman–Crippen MR) is 83.1 cm³/mol. The van der Waals surface area contributed by atoms with Crippen LogP contribution in [-0.4, -0.2) is 29.8 Å². The number of rotatable bonds is 2. The van der Waals surface area contributed by atoms with E-state index in [-0.39, 0.29) is 5.60 Å². The zero-order valence-corrected chi connectivity index (χ0v) is 12.5. The lowest BCUT2D eigenvalue weighted by Gasteiger charge is -2.43. The van der Waals surface area contributed by atoms with E-state index in [1.54, 1.807) is 0 Å². The summed E-state index contributed by atoms with van der Waals surface area (Å²) in [6.45, 7) is 3.06. The maximum absolute atomic E-state index is 6.14. The molecule has 1 aromatic carbocycles. The first-order valence-electron chi connectivity index (χ1n) is 7.31. The fraction of sp³-hybridized carbons (Fsp3) is 0.625. The largest absolute Gasteiger partial charge is 0.382 e. The van der Waals surface area contributed by atoms with Crippen molar-refractivity contribution in [2.24, 2.45) is 0 Å². The molecule has 2 nitrogen and oxygen atoms in total. The normalized spacial score (nSPS) is 26.3. The van der Waals surface area contributed by atoms with E-state index in [4.69, 9.17) is 4.74 Å². The van der Waals surface area contributed by atoms with Gasteiger partial charge in [0.25, 0.3) is 0 Å². The van der Waals surface area contributed by atoms with Crippen molar-refractivity contribution in [1.29, 1.82) is 0 Å². The van der Waals surface area contributed by atoms with E-state index in [0.717, 1.165) is 13.0 Å². The molecule has 2 fully saturated rings. The molecule has 1 unspecified atom stereocenters. The van der Waals surface area contributed by atoms with Crippen LogP contribution in [0.15, 0.2) is 24.3 Å². The zero-order valence-electron chi connectivity index (χ0n) is 11.7. The molecule has 0 bridgehead atoms. The standard InChI is InChI=1S/C16H23NOS/c1-13-3-2-4-14(11-13)17-15-5-8-18-16(12-15)6-9-19-10-7-16/h2-4,11,15,17H,5-10,12H2,1H3. The molecule has 1 spiro atoms. The number of anilines is 1. The number of thioether (sulfide) groups is 1. The van der Waals surface area contributed by atoms with Gasteiger partial charge in [-0.1, -0.05) is 12.1 Å². The van der Waals surface area contributed by atoms with Crippen LogP contribution in [0.1, 0.15) is 31.2 Å². The Morgan fingerprint density at radius 1 is 1.32 bits per heavy atom. The van der Waals surface area contributed by atoms with Gasteiger partial charge < -0.3 is 10.1 Å². The minimum atomic E-state index is 0.172. The Labute approximate surface area is 120 Å². The molecule has 2 saturated heterocycles. The van der Waals surface area contributed by atoms with E-state index in [1.807, 2.05) is 0 Å². The molecule has 1 atom stereocenters. The Balaban J connectivity index is 1.65.